The molecule has 180 valence electrons. The van der Waals surface area contributed by atoms with Crippen molar-refractivity contribution in [3.05, 3.63) is 81.4 Å². The summed E-state index contributed by atoms with van der Waals surface area (Å²) in [7, 11) is 2.90. The first-order valence-electron chi connectivity index (χ1n) is 10.5. The summed E-state index contributed by atoms with van der Waals surface area (Å²) in [5.41, 5.74) is -0.350. The number of aromatic amines is 1. The molecule has 10 nitrogen and oxygen atoms in total. The first-order chi connectivity index (χ1) is 16.3. The summed E-state index contributed by atoms with van der Waals surface area (Å²) in [4.78, 5) is 20.3. The minimum absolute atomic E-state index is 0.123. The third-order valence-corrected chi connectivity index (χ3v) is 6.22. The number of anilines is 1. The zero-order valence-electron chi connectivity index (χ0n) is 18.8. The molecule has 0 unspecified atom stereocenters. The van der Waals surface area contributed by atoms with Crippen molar-refractivity contribution in [3.8, 4) is 5.75 Å². The molecule has 0 radical (unpaired) electrons. The van der Waals surface area contributed by atoms with Crippen LogP contribution in [-0.2, 0) is 16.0 Å². The number of imidazole rings is 1. The average molecular weight is 489 g/mol. The van der Waals surface area contributed by atoms with E-state index in [0.29, 0.717) is 27.8 Å². The van der Waals surface area contributed by atoms with Gasteiger partial charge >= 0.3 is 0 Å². The molecule has 1 aliphatic heterocycles. The summed E-state index contributed by atoms with van der Waals surface area (Å²) in [6.45, 7) is 1.92. The number of H-pyrrole nitrogens is 1. The molecule has 2 aromatic carbocycles. The third kappa shape index (κ3) is 4.32. The van der Waals surface area contributed by atoms with E-state index < -0.39 is 29.0 Å². The molecule has 1 aliphatic rings. The number of methoxy groups -OCH3 is 2. The number of nitrogens with zero attached hydrogens (tertiary/aromatic N) is 3. The Morgan fingerprint density at radius 1 is 1.32 bits per heavy atom. The molecule has 0 saturated heterocycles. The van der Waals surface area contributed by atoms with E-state index in [2.05, 4.69) is 9.97 Å². The van der Waals surface area contributed by atoms with Gasteiger partial charge in [0.2, 0.25) is 0 Å². The van der Waals surface area contributed by atoms with E-state index in [0.717, 1.165) is 0 Å². The highest BCUT2D eigenvalue weighted by Gasteiger charge is 2.54. The fraction of sp³-hybridized carbons (Fsp3) is 0.348. The number of aliphatic hydroxyl groups excluding tert-OH is 1. The van der Waals surface area contributed by atoms with Crippen molar-refractivity contribution in [3.63, 3.8) is 0 Å². The SMILES string of the molecule is COC(OC)[C@@]1(C)Oc2ccc([N+](=O)[O-])cc2[C@H](N(Cc2ncc[nH]2)c2cccc(Cl)c2)[C@H]1O. The number of hydrogen-bond donors (Lipinski definition) is 2. The van der Waals surface area contributed by atoms with E-state index in [-0.39, 0.29) is 12.2 Å². The maximum atomic E-state index is 11.8. The summed E-state index contributed by atoms with van der Waals surface area (Å²) in [5.74, 6) is 0.997. The molecule has 1 aromatic heterocycles. The van der Waals surface area contributed by atoms with Crippen molar-refractivity contribution >= 4 is 23.0 Å². The van der Waals surface area contributed by atoms with Crippen LogP contribution < -0.4 is 9.64 Å². The lowest BCUT2D eigenvalue weighted by Crippen LogP contribution is -2.62. The second kappa shape index (κ2) is 9.59. The van der Waals surface area contributed by atoms with Gasteiger partial charge in [0.1, 0.15) is 17.7 Å². The van der Waals surface area contributed by atoms with Crippen LogP contribution in [0.25, 0.3) is 0 Å². The fourth-order valence-corrected chi connectivity index (χ4v) is 4.58. The number of nitrogens with one attached hydrogen (secondary N) is 1. The predicted octanol–water partition coefficient (Wildman–Crippen LogP) is 3.85. The van der Waals surface area contributed by atoms with Crippen LogP contribution in [0.1, 0.15) is 24.4 Å². The number of aliphatic hydroxyl groups is 1. The van der Waals surface area contributed by atoms with Gasteiger partial charge in [0.15, 0.2) is 11.9 Å². The smallest absolute Gasteiger partial charge is 0.270 e. The second-order valence-corrected chi connectivity index (χ2v) is 8.54. The molecule has 3 aromatic rings. The molecule has 0 amide bonds. The number of nitro groups is 1. The highest BCUT2D eigenvalue weighted by molar-refractivity contribution is 6.30. The topological polar surface area (TPSA) is 123 Å². The van der Waals surface area contributed by atoms with Crippen LogP contribution in [0, 0.1) is 10.1 Å². The molecule has 0 fully saturated rings. The molecule has 2 N–H and O–H groups in total. The first kappa shape index (κ1) is 24.0. The number of hydrogen-bond acceptors (Lipinski definition) is 8. The molecular formula is C23H25ClN4O6. The number of ether oxygens (including phenoxy) is 3. The van der Waals surface area contributed by atoms with Gasteiger partial charge < -0.3 is 29.2 Å². The van der Waals surface area contributed by atoms with E-state index in [9.17, 15) is 15.2 Å². The second-order valence-electron chi connectivity index (χ2n) is 8.10. The van der Waals surface area contributed by atoms with Crippen LogP contribution in [0.2, 0.25) is 5.02 Å². The Labute approximate surface area is 201 Å². The number of nitro benzene ring substituents is 1. The van der Waals surface area contributed by atoms with Gasteiger partial charge in [-0.05, 0) is 31.2 Å². The van der Waals surface area contributed by atoms with E-state index >= 15 is 0 Å². The Hall–Kier alpha value is -3.18. The normalized spacial score (nSPS) is 21.7. The molecule has 4 rings (SSSR count). The van der Waals surface area contributed by atoms with Gasteiger partial charge in [0.05, 0.1) is 17.5 Å². The average Bonchev–Trinajstić information content (AvgIpc) is 3.32. The summed E-state index contributed by atoms with van der Waals surface area (Å²) in [6, 6.07) is 10.6. The molecule has 2 heterocycles. The Bertz CT molecular complexity index is 1160. The van der Waals surface area contributed by atoms with Crippen molar-refractivity contribution in [2.75, 3.05) is 19.1 Å². The molecule has 3 atom stereocenters. The molecule has 0 spiro atoms. The van der Waals surface area contributed by atoms with Crippen LogP contribution in [0.4, 0.5) is 11.4 Å². The van der Waals surface area contributed by atoms with E-state index in [1.54, 1.807) is 37.5 Å². The molecule has 11 heteroatoms. The highest BCUT2D eigenvalue weighted by Crippen LogP contribution is 2.47. The standard InChI is InChI=1S/C23H25ClN4O6/c1-23(22(32-2)33-3)21(29)20(17-12-16(28(30)31)7-8-18(17)34-23)27(13-19-25-9-10-26-19)15-6-4-5-14(24)11-15/h4-12,20-22,29H,13H2,1-3H3,(H,25,26)/t20-,21+,23-/m0/s1. The van der Waals surface area contributed by atoms with Gasteiger partial charge in [0.25, 0.3) is 5.69 Å². The Morgan fingerprint density at radius 3 is 2.71 bits per heavy atom. The number of non-ortho nitro benzene ring substituents is 1. The van der Waals surface area contributed by atoms with Crippen LogP contribution >= 0.6 is 11.6 Å². The summed E-state index contributed by atoms with van der Waals surface area (Å²) in [5, 5.41) is 23.8. The Kier molecular flexibility index (Phi) is 6.76. The van der Waals surface area contributed by atoms with E-state index in [1.807, 2.05) is 11.0 Å². The Balaban J connectivity index is 1.93. The van der Waals surface area contributed by atoms with E-state index in [4.69, 9.17) is 25.8 Å². The van der Waals surface area contributed by atoms with Crippen LogP contribution in [0.15, 0.2) is 54.9 Å². The summed E-state index contributed by atoms with van der Waals surface area (Å²) in [6.07, 6.45) is 1.15. The monoisotopic (exact) mass is 488 g/mol. The zero-order chi connectivity index (χ0) is 24.5. The summed E-state index contributed by atoms with van der Waals surface area (Å²) < 4.78 is 17.1. The lowest BCUT2D eigenvalue weighted by Gasteiger charge is -2.49. The summed E-state index contributed by atoms with van der Waals surface area (Å²) >= 11 is 6.30. The number of fused-ring (bicyclic) bond motifs is 1. The van der Waals surface area contributed by atoms with Crippen molar-refractivity contribution in [1.29, 1.82) is 0 Å². The van der Waals surface area contributed by atoms with Gasteiger partial charge in [-0.3, -0.25) is 10.1 Å². The molecular weight excluding hydrogens is 464 g/mol. The number of halogens is 1. The first-order valence-corrected chi connectivity index (χ1v) is 10.9. The molecule has 34 heavy (non-hydrogen) atoms. The molecule has 0 bridgehead atoms. The lowest BCUT2D eigenvalue weighted by atomic mass is 9.83. The van der Waals surface area contributed by atoms with Gasteiger partial charge in [-0.25, -0.2) is 4.98 Å². The quantitative estimate of drug-likeness (QED) is 0.278. The Morgan fingerprint density at radius 2 is 2.09 bits per heavy atom. The maximum Gasteiger partial charge on any atom is 0.270 e. The van der Waals surface area contributed by atoms with Crippen LogP contribution in [-0.4, -0.2) is 52.2 Å². The van der Waals surface area contributed by atoms with E-state index in [1.165, 1.54) is 32.4 Å². The van der Waals surface area contributed by atoms with Gasteiger partial charge in [-0.15, -0.1) is 0 Å². The number of rotatable bonds is 8. The van der Waals surface area contributed by atoms with Crippen molar-refractivity contribution < 1.29 is 24.2 Å². The largest absolute Gasteiger partial charge is 0.479 e. The lowest BCUT2D eigenvalue weighted by molar-refractivity contribution is -0.385. The van der Waals surface area contributed by atoms with Gasteiger partial charge in [-0.1, -0.05) is 17.7 Å². The van der Waals surface area contributed by atoms with Crippen molar-refractivity contribution in [2.24, 2.45) is 0 Å². The molecule has 0 saturated carbocycles. The van der Waals surface area contributed by atoms with Crippen molar-refractivity contribution in [1.82, 2.24) is 9.97 Å². The maximum absolute atomic E-state index is 11.8. The van der Waals surface area contributed by atoms with Crippen molar-refractivity contribution in [2.45, 2.75) is 37.5 Å². The van der Waals surface area contributed by atoms with Gasteiger partial charge in [-0.2, -0.15) is 0 Å². The predicted molar refractivity (Wildman–Crippen MR) is 125 cm³/mol. The van der Waals surface area contributed by atoms with Crippen LogP contribution in [0.5, 0.6) is 5.75 Å². The van der Waals surface area contributed by atoms with Crippen LogP contribution in [0.3, 0.4) is 0 Å². The highest BCUT2D eigenvalue weighted by atomic mass is 35.5. The van der Waals surface area contributed by atoms with Gasteiger partial charge in [0, 0.05) is 55.0 Å². The third-order valence-electron chi connectivity index (χ3n) is 5.99. The minimum atomic E-state index is -1.35. The zero-order valence-corrected chi connectivity index (χ0v) is 19.6. The number of benzene rings is 2. The minimum Gasteiger partial charge on any atom is -0.479 e. The fourth-order valence-electron chi connectivity index (χ4n) is 4.40. The number of aromatic nitrogens is 2. The molecule has 0 aliphatic carbocycles.